The van der Waals surface area contributed by atoms with Crippen LogP contribution in [0.5, 0.6) is 0 Å². The maximum absolute atomic E-state index is 12.2. The summed E-state index contributed by atoms with van der Waals surface area (Å²) in [4.78, 5) is 34.4. The van der Waals surface area contributed by atoms with E-state index in [2.05, 4.69) is 31.2 Å². The van der Waals surface area contributed by atoms with Crippen molar-refractivity contribution in [1.29, 1.82) is 0 Å². The number of carbonyl (C=O) groups excluding carboxylic acids is 2. The molecule has 0 aliphatic carbocycles. The smallest absolute Gasteiger partial charge is 0.410 e. The summed E-state index contributed by atoms with van der Waals surface area (Å²) in [5.74, 6) is -0.249. The molecule has 2 aromatic rings. The minimum Gasteiger partial charge on any atom is -0.444 e. The van der Waals surface area contributed by atoms with Gasteiger partial charge in [0.1, 0.15) is 11.3 Å². The predicted octanol–water partition coefficient (Wildman–Crippen LogP) is 3.78. The highest BCUT2D eigenvalue weighted by Crippen LogP contribution is 2.29. The van der Waals surface area contributed by atoms with Crippen LogP contribution >= 0.6 is 27.3 Å². The summed E-state index contributed by atoms with van der Waals surface area (Å²) in [5, 5.41) is 3.33. The van der Waals surface area contributed by atoms with Crippen molar-refractivity contribution in [1.82, 2.24) is 14.9 Å². The quantitative estimate of drug-likeness (QED) is 0.764. The number of nitrogens with one attached hydrogen (secondary N) is 2. The molecule has 1 aliphatic rings. The summed E-state index contributed by atoms with van der Waals surface area (Å²) in [6, 6.07) is 1.70. The van der Waals surface area contributed by atoms with E-state index in [1.807, 2.05) is 20.8 Å². The van der Waals surface area contributed by atoms with Crippen LogP contribution in [0, 0.1) is 0 Å². The average Bonchev–Trinajstić information content (AvgIpc) is 3.10. The topological polar surface area (TPSA) is 87.3 Å². The molecular weight excluding hydrogens is 408 g/mol. The minimum absolute atomic E-state index is 0.249. The monoisotopic (exact) mass is 426 g/mol. The lowest BCUT2D eigenvalue weighted by Gasteiger charge is -2.29. The summed E-state index contributed by atoms with van der Waals surface area (Å²) in [7, 11) is 0. The summed E-state index contributed by atoms with van der Waals surface area (Å²) < 4.78 is 6.23. The number of H-pyrrole nitrogens is 1. The van der Waals surface area contributed by atoms with Crippen molar-refractivity contribution in [3.8, 4) is 0 Å². The molecule has 2 amide bonds. The SMILES string of the molecule is CC(C)(C)OC(=O)N1CCc2nc(NC(=O)c3cc(Br)c[nH]3)sc2C1. The van der Waals surface area contributed by atoms with Crippen molar-refractivity contribution in [2.24, 2.45) is 0 Å². The number of nitrogens with zero attached hydrogens (tertiary/aromatic N) is 2. The molecule has 0 bridgehead atoms. The molecule has 0 radical (unpaired) electrons. The molecule has 3 heterocycles. The molecule has 0 spiro atoms. The van der Waals surface area contributed by atoms with Gasteiger partial charge in [0.05, 0.1) is 12.2 Å². The Labute approximate surface area is 157 Å². The van der Waals surface area contributed by atoms with E-state index in [0.29, 0.717) is 30.3 Å². The van der Waals surface area contributed by atoms with Crippen LogP contribution in [0.2, 0.25) is 0 Å². The van der Waals surface area contributed by atoms with Gasteiger partial charge in [-0.2, -0.15) is 0 Å². The number of fused-ring (bicyclic) bond motifs is 1. The zero-order chi connectivity index (χ0) is 18.2. The number of carbonyl (C=O) groups is 2. The van der Waals surface area contributed by atoms with Crippen molar-refractivity contribution in [3.63, 3.8) is 0 Å². The number of rotatable bonds is 2. The fourth-order valence-corrected chi connectivity index (χ4v) is 3.76. The third-order valence-electron chi connectivity index (χ3n) is 3.50. The van der Waals surface area contributed by atoms with Gasteiger partial charge in [0, 0.05) is 28.5 Å². The van der Waals surface area contributed by atoms with Crippen molar-refractivity contribution in [2.75, 3.05) is 11.9 Å². The number of aromatic amines is 1. The second kappa shape index (κ2) is 6.80. The van der Waals surface area contributed by atoms with E-state index in [4.69, 9.17) is 4.74 Å². The molecule has 9 heteroatoms. The Morgan fingerprint density at radius 3 is 2.84 bits per heavy atom. The van der Waals surface area contributed by atoms with Crippen LogP contribution in [0.25, 0.3) is 0 Å². The number of halogens is 1. The van der Waals surface area contributed by atoms with Gasteiger partial charge in [0.25, 0.3) is 5.91 Å². The first-order chi connectivity index (χ1) is 11.7. The Hall–Kier alpha value is -1.87. The first-order valence-electron chi connectivity index (χ1n) is 7.83. The van der Waals surface area contributed by atoms with Crippen LogP contribution in [0.1, 0.15) is 41.8 Å². The molecule has 7 nitrogen and oxygen atoms in total. The molecule has 0 atom stereocenters. The first-order valence-corrected chi connectivity index (χ1v) is 9.44. The summed E-state index contributed by atoms with van der Waals surface area (Å²) in [5.41, 5.74) is 0.859. The molecule has 2 aromatic heterocycles. The van der Waals surface area contributed by atoms with Gasteiger partial charge in [-0.25, -0.2) is 9.78 Å². The Morgan fingerprint density at radius 2 is 2.20 bits per heavy atom. The van der Waals surface area contributed by atoms with Crippen molar-refractivity contribution >= 4 is 44.4 Å². The molecule has 0 aromatic carbocycles. The number of ether oxygens (including phenoxy) is 1. The lowest BCUT2D eigenvalue weighted by Crippen LogP contribution is -2.39. The van der Waals surface area contributed by atoms with Gasteiger partial charge in [-0.05, 0) is 42.8 Å². The molecule has 0 fully saturated rings. The number of hydrogen-bond donors (Lipinski definition) is 2. The average molecular weight is 427 g/mol. The number of thiazole rings is 1. The Morgan fingerprint density at radius 1 is 1.44 bits per heavy atom. The van der Waals surface area contributed by atoms with Gasteiger partial charge in [-0.1, -0.05) is 11.3 Å². The van der Waals surface area contributed by atoms with E-state index in [-0.39, 0.29) is 12.0 Å². The highest BCUT2D eigenvalue weighted by Gasteiger charge is 2.28. The zero-order valence-electron chi connectivity index (χ0n) is 14.2. The lowest BCUT2D eigenvalue weighted by molar-refractivity contribution is 0.0225. The van der Waals surface area contributed by atoms with Crippen molar-refractivity contribution < 1.29 is 14.3 Å². The van der Waals surface area contributed by atoms with Crippen molar-refractivity contribution in [2.45, 2.75) is 39.3 Å². The van der Waals surface area contributed by atoms with E-state index in [1.165, 1.54) is 11.3 Å². The minimum atomic E-state index is -0.519. The van der Waals surface area contributed by atoms with Crippen LogP contribution in [-0.2, 0) is 17.7 Å². The number of amides is 2. The fraction of sp³-hybridized carbons (Fsp3) is 0.438. The first kappa shape index (κ1) is 17.9. The third-order valence-corrected chi connectivity index (χ3v) is 4.95. The number of aromatic nitrogens is 2. The molecule has 134 valence electrons. The van der Waals surface area contributed by atoms with Gasteiger partial charge in [0.15, 0.2) is 5.13 Å². The van der Waals surface area contributed by atoms with Crippen LogP contribution < -0.4 is 5.32 Å². The predicted molar refractivity (Wildman–Crippen MR) is 98.9 cm³/mol. The molecule has 1 aliphatic heterocycles. The summed E-state index contributed by atoms with van der Waals surface area (Å²) in [6.07, 6.45) is 2.02. The highest BCUT2D eigenvalue weighted by atomic mass is 79.9. The van der Waals surface area contributed by atoms with Gasteiger partial charge in [-0.15, -0.1) is 0 Å². The maximum atomic E-state index is 12.2. The van der Waals surface area contributed by atoms with E-state index >= 15 is 0 Å². The normalized spacial score (nSPS) is 14.2. The molecule has 2 N–H and O–H groups in total. The Kier molecular flexibility index (Phi) is 4.88. The van der Waals surface area contributed by atoms with Crippen LogP contribution in [-0.4, -0.2) is 39.0 Å². The van der Waals surface area contributed by atoms with Crippen molar-refractivity contribution in [3.05, 3.63) is 33.0 Å². The summed E-state index contributed by atoms with van der Waals surface area (Å²) >= 11 is 4.69. The largest absolute Gasteiger partial charge is 0.444 e. The maximum Gasteiger partial charge on any atom is 0.410 e. The Bertz CT molecular complexity index is 809. The fourth-order valence-electron chi connectivity index (χ4n) is 2.39. The second-order valence-corrected chi connectivity index (χ2v) is 8.73. The molecule has 0 saturated heterocycles. The van der Waals surface area contributed by atoms with E-state index < -0.39 is 5.60 Å². The zero-order valence-corrected chi connectivity index (χ0v) is 16.6. The van der Waals surface area contributed by atoms with Crippen LogP contribution in [0.3, 0.4) is 0 Å². The third kappa shape index (κ3) is 4.40. The molecule has 0 unspecified atom stereocenters. The highest BCUT2D eigenvalue weighted by molar-refractivity contribution is 9.10. The molecule has 0 saturated carbocycles. The lowest BCUT2D eigenvalue weighted by atomic mass is 10.2. The van der Waals surface area contributed by atoms with E-state index in [0.717, 1.165) is 15.0 Å². The van der Waals surface area contributed by atoms with Gasteiger partial charge < -0.3 is 14.6 Å². The van der Waals surface area contributed by atoms with E-state index in [1.54, 1.807) is 17.2 Å². The summed E-state index contributed by atoms with van der Waals surface area (Å²) in [6.45, 7) is 6.55. The van der Waals surface area contributed by atoms with Gasteiger partial charge >= 0.3 is 6.09 Å². The van der Waals surface area contributed by atoms with Crippen LogP contribution in [0.4, 0.5) is 9.93 Å². The molecule has 25 heavy (non-hydrogen) atoms. The standard InChI is InChI=1S/C16H19BrN4O3S/c1-16(2,3)24-15(23)21-5-4-10-12(8-21)25-14(19-10)20-13(22)11-6-9(17)7-18-11/h6-7,18H,4-5,8H2,1-3H3,(H,19,20,22). The second-order valence-electron chi connectivity index (χ2n) is 6.73. The van der Waals surface area contributed by atoms with E-state index in [9.17, 15) is 9.59 Å². The number of anilines is 1. The molecular formula is C16H19BrN4O3S. The van der Waals surface area contributed by atoms with Gasteiger partial charge in [-0.3, -0.25) is 10.1 Å². The Balaban J connectivity index is 1.66. The number of hydrogen-bond acceptors (Lipinski definition) is 5. The molecule has 3 rings (SSSR count). The van der Waals surface area contributed by atoms with Gasteiger partial charge in [0.2, 0.25) is 0 Å². The van der Waals surface area contributed by atoms with Crippen LogP contribution in [0.15, 0.2) is 16.7 Å².